The molecule has 0 spiro atoms. The van der Waals surface area contributed by atoms with Gasteiger partial charge in [0.2, 0.25) is 0 Å². The number of hydrogen-bond donors (Lipinski definition) is 1. The van der Waals surface area contributed by atoms with Gasteiger partial charge < -0.3 is 5.11 Å². The fourth-order valence-corrected chi connectivity index (χ4v) is 3.44. The second kappa shape index (κ2) is 6.65. The van der Waals surface area contributed by atoms with Crippen LogP contribution in [0.3, 0.4) is 0 Å². The minimum Gasteiger partial charge on any atom is -0.480 e. The van der Waals surface area contributed by atoms with Crippen molar-refractivity contribution in [3.05, 3.63) is 29.8 Å². The van der Waals surface area contributed by atoms with Gasteiger partial charge in [-0.15, -0.1) is 0 Å². The molecule has 0 bridgehead atoms. The molecule has 0 aromatic heterocycles. The minimum absolute atomic E-state index is 0.00577. The van der Waals surface area contributed by atoms with Crippen molar-refractivity contribution in [1.29, 1.82) is 0 Å². The highest BCUT2D eigenvalue weighted by Gasteiger charge is 2.32. The maximum atomic E-state index is 12.1. The van der Waals surface area contributed by atoms with E-state index in [4.69, 9.17) is 5.11 Å². The van der Waals surface area contributed by atoms with Gasteiger partial charge in [0.15, 0.2) is 20.9 Å². The predicted molar refractivity (Wildman–Crippen MR) is 74.6 cm³/mol. The molecule has 1 aromatic carbocycles. The predicted octanol–water partition coefficient (Wildman–Crippen LogP) is 2.31. The number of carbonyl (C=O) groups excluding carboxylic acids is 1. The minimum atomic E-state index is -3.92. The molecule has 0 saturated heterocycles. The quantitative estimate of drug-likeness (QED) is 0.780. The molecule has 1 rings (SSSR count). The summed E-state index contributed by atoms with van der Waals surface area (Å²) in [7, 11) is -3.92. The van der Waals surface area contributed by atoms with Crippen LogP contribution in [-0.4, -0.2) is 30.5 Å². The van der Waals surface area contributed by atoms with Gasteiger partial charge in [-0.1, -0.05) is 26.0 Å². The molecule has 20 heavy (non-hydrogen) atoms. The van der Waals surface area contributed by atoms with E-state index in [1.807, 2.05) is 6.92 Å². The Hall–Kier alpha value is -1.69. The van der Waals surface area contributed by atoms with E-state index >= 15 is 0 Å². The Bertz CT molecular complexity index is 586. The summed E-state index contributed by atoms with van der Waals surface area (Å²) in [6.07, 6.45) is 1.11. The Morgan fingerprint density at radius 3 is 2.10 bits per heavy atom. The normalized spacial score (nSPS) is 12.9. The first-order valence-electron chi connectivity index (χ1n) is 6.44. The van der Waals surface area contributed by atoms with Gasteiger partial charge >= 0.3 is 5.97 Å². The summed E-state index contributed by atoms with van der Waals surface area (Å²) in [5.41, 5.74) is 0.439. The maximum absolute atomic E-state index is 12.1. The Balaban J connectivity index is 3.09. The first-order valence-corrected chi connectivity index (χ1v) is 7.99. The lowest BCUT2D eigenvalue weighted by atomic mass is 10.1. The molecular weight excluding hydrogens is 280 g/mol. The van der Waals surface area contributed by atoms with Crippen molar-refractivity contribution in [2.45, 2.75) is 43.3 Å². The Morgan fingerprint density at radius 1 is 1.15 bits per heavy atom. The number of sulfone groups is 1. The van der Waals surface area contributed by atoms with E-state index in [9.17, 15) is 18.0 Å². The highest BCUT2D eigenvalue weighted by molar-refractivity contribution is 7.92. The molecule has 1 aromatic rings. The number of aliphatic carboxylic acids is 1. The van der Waals surface area contributed by atoms with Gasteiger partial charge in [0.25, 0.3) is 0 Å². The third-order valence-electron chi connectivity index (χ3n) is 3.00. The molecule has 0 aliphatic heterocycles. The second-order valence-corrected chi connectivity index (χ2v) is 6.61. The number of carbonyl (C=O) groups is 2. The summed E-state index contributed by atoms with van der Waals surface area (Å²) >= 11 is 0. The number of benzene rings is 1. The van der Waals surface area contributed by atoms with Gasteiger partial charge in [-0.25, -0.2) is 8.42 Å². The van der Waals surface area contributed by atoms with Crippen molar-refractivity contribution >= 4 is 21.6 Å². The number of carboxylic acids is 1. The SMILES string of the molecule is CCCC(=O)c1ccc(S(=O)(=O)C(CC)C(=O)O)cc1. The van der Waals surface area contributed by atoms with Crippen molar-refractivity contribution in [2.75, 3.05) is 0 Å². The van der Waals surface area contributed by atoms with Crippen molar-refractivity contribution in [1.82, 2.24) is 0 Å². The standard InChI is InChI=1S/C14H18O5S/c1-3-5-12(15)10-6-8-11(9-7-10)20(18,19)13(4-2)14(16)17/h6-9,13H,3-5H2,1-2H3,(H,16,17). The zero-order valence-corrected chi connectivity index (χ0v) is 12.3. The summed E-state index contributed by atoms with van der Waals surface area (Å²) in [4.78, 5) is 22.6. The monoisotopic (exact) mass is 298 g/mol. The molecule has 6 heteroatoms. The molecule has 0 fully saturated rings. The first-order chi connectivity index (χ1) is 9.34. The molecule has 0 saturated carbocycles. The van der Waals surface area contributed by atoms with Crippen molar-refractivity contribution in [3.8, 4) is 0 Å². The number of carboxylic acid groups (broad SMARTS) is 1. The van der Waals surface area contributed by atoms with Gasteiger partial charge in [-0.2, -0.15) is 0 Å². The van der Waals surface area contributed by atoms with Gasteiger partial charge in [-0.3, -0.25) is 9.59 Å². The molecule has 1 unspecified atom stereocenters. The summed E-state index contributed by atoms with van der Waals surface area (Å²) in [5.74, 6) is -1.42. The summed E-state index contributed by atoms with van der Waals surface area (Å²) < 4.78 is 24.3. The molecular formula is C14H18O5S. The molecule has 0 aliphatic carbocycles. The summed E-state index contributed by atoms with van der Waals surface area (Å²) in [6, 6.07) is 5.45. The summed E-state index contributed by atoms with van der Waals surface area (Å²) in [5, 5.41) is 7.49. The third kappa shape index (κ3) is 3.45. The lowest BCUT2D eigenvalue weighted by Gasteiger charge is -2.11. The Morgan fingerprint density at radius 2 is 1.70 bits per heavy atom. The number of ketones is 1. The Kier molecular flexibility index (Phi) is 5.44. The maximum Gasteiger partial charge on any atom is 0.322 e. The molecule has 1 N–H and O–H groups in total. The van der Waals surface area contributed by atoms with Crippen LogP contribution >= 0.6 is 0 Å². The largest absolute Gasteiger partial charge is 0.480 e. The van der Waals surface area contributed by atoms with Crippen LogP contribution in [0.15, 0.2) is 29.2 Å². The first kappa shape index (κ1) is 16.4. The van der Waals surface area contributed by atoms with Crippen molar-refractivity contribution < 1.29 is 23.1 Å². The van der Waals surface area contributed by atoms with Gasteiger partial charge in [0.05, 0.1) is 4.90 Å². The lowest BCUT2D eigenvalue weighted by Crippen LogP contribution is -2.29. The van der Waals surface area contributed by atoms with Crippen LogP contribution in [0, 0.1) is 0 Å². The van der Waals surface area contributed by atoms with Gasteiger partial charge in [0.1, 0.15) is 0 Å². The molecule has 0 amide bonds. The molecule has 0 heterocycles. The van der Waals surface area contributed by atoms with Crippen LogP contribution in [0.5, 0.6) is 0 Å². The number of Topliss-reactive ketones (excluding diaryl/α,β-unsaturated/α-hetero) is 1. The van der Waals surface area contributed by atoms with E-state index in [-0.39, 0.29) is 17.1 Å². The van der Waals surface area contributed by atoms with E-state index < -0.39 is 21.1 Å². The van der Waals surface area contributed by atoms with Crippen LogP contribution in [-0.2, 0) is 14.6 Å². The van der Waals surface area contributed by atoms with E-state index in [0.29, 0.717) is 12.0 Å². The number of hydrogen-bond acceptors (Lipinski definition) is 4. The Labute approximate surface area is 118 Å². The van der Waals surface area contributed by atoms with Crippen LogP contribution in [0.25, 0.3) is 0 Å². The lowest BCUT2D eigenvalue weighted by molar-refractivity contribution is -0.136. The molecule has 5 nitrogen and oxygen atoms in total. The van der Waals surface area contributed by atoms with Gasteiger partial charge in [-0.05, 0) is 25.0 Å². The van der Waals surface area contributed by atoms with Crippen molar-refractivity contribution in [3.63, 3.8) is 0 Å². The van der Waals surface area contributed by atoms with Crippen LogP contribution < -0.4 is 0 Å². The second-order valence-electron chi connectivity index (χ2n) is 4.48. The molecule has 110 valence electrons. The van der Waals surface area contributed by atoms with Crippen LogP contribution in [0.1, 0.15) is 43.5 Å². The van der Waals surface area contributed by atoms with Crippen LogP contribution in [0.4, 0.5) is 0 Å². The van der Waals surface area contributed by atoms with E-state index in [0.717, 1.165) is 6.42 Å². The highest BCUT2D eigenvalue weighted by atomic mass is 32.2. The zero-order chi connectivity index (χ0) is 15.3. The summed E-state index contributed by atoms with van der Waals surface area (Å²) in [6.45, 7) is 3.39. The fourth-order valence-electron chi connectivity index (χ4n) is 1.89. The van der Waals surface area contributed by atoms with Crippen molar-refractivity contribution in [2.24, 2.45) is 0 Å². The zero-order valence-electron chi connectivity index (χ0n) is 11.5. The smallest absolute Gasteiger partial charge is 0.322 e. The number of rotatable bonds is 7. The highest BCUT2D eigenvalue weighted by Crippen LogP contribution is 2.20. The fraction of sp³-hybridized carbons (Fsp3) is 0.429. The topological polar surface area (TPSA) is 88.5 Å². The molecule has 1 atom stereocenters. The van der Waals surface area contributed by atoms with Gasteiger partial charge in [0, 0.05) is 12.0 Å². The van der Waals surface area contributed by atoms with E-state index in [2.05, 4.69) is 0 Å². The molecule has 0 radical (unpaired) electrons. The molecule has 0 aliphatic rings. The van der Waals surface area contributed by atoms with Crippen LogP contribution in [0.2, 0.25) is 0 Å². The van der Waals surface area contributed by atoms with E-state index in [1.54, 1.807) is 0 Å². The third-order valence-corrected chi connectivity index (χ3v) is 5.22. The average Bonchev–Trinajstić information content (AvgIpc) is 2.39. The van der Waals surface area contributed by atoms with E-state index in [1.165, 1.54) is 31.2 Å². The average molecular weight is 298 g/mol.